The van der Waals surface area contributed by atoms with Crippen LogP contribution in [0.25, 0.3) is 10.9 Å². The Labute approximate surface area is 115 Å². The number of aryl methyl sites for hydroxylation is 1. The summed E-state index contributed by atoms with van der Waals surface area (Å²) in [5.74, 6) is -2.16. The van der Waals surface area contributed by atoms with Gasteiger partial charge in [-0.05, 0) is 19.1 Å². The van der Waals surface area contributed by atoms with Crippen LogP contribution in [0.4, 0.5) is 5.69 Å². The lowest BCUT2D eigenvalue weighted by molar-refractivity contribution is -0.136. The van der Waals surface area contributed by atoms with Crippen molar-refractivity contribution in [1.82, 2.24) is 4.98 Å². The van der Waals surface area contributed by atoms with E-state index in [-0.39, 0.29) is 13.1 Å². The fraction of sp³-hybridized carbons (Fsp3) is 0.214. The average molecular weight is 274 g/mol. The lowest BCUT2D eigenvalue weighted by Gasteiger charge is -2.22. The maximum atomic E-state index is 10.9. The van der Waals surface area contributed by atoms with E-state index >= 15 is 0 Å². The van der Waals surface area contributed by atoms with Crippen molar-refractivity contribution in [3.8, 4) is 0 Å². The van der Waals surface area contributed by atoms with Crippen LogP contribution in [0.1, 0.15) is 5.69 Å². The molecular formula is C14H14N2O4. The molecule has 0 saturated heterocycles. The second-order valence-electron chi connectivity index (χ2n) is 4.44. The molecular weight excluding hydrogens is 260 g/mol. The number of aliphatic carboxylic acids is 2. The standard InChI is InChI=1S/C14H14N2O4/c1-9-6-12(10-4-2-3-5-11(10)15-9)16(7-13(17)18)8-14(19)20/h2-6H,7-8H2,1H3,(H,17,18)(H,19,20). The maximum Gasteiger partial charge on any atom is 0.323 e. The van der Waals surface area contributed by atoms with Crippen molar-refractivity contribution >= 4 is 28.5 Å². The molecule has 2 aromatic rings. The topological polar surface area (TPSA) is 90.7 Å². The van der Waals surface area contributed by atoms with Crippen LogP contribution in [0.5, 0.6) is 0 Å². The van der Waals surface area contributed by atoms with Gasteiger partial charge in [0.05, 0.1) is 5.52 Å². The number of hydrogen-bond donors (Lipinski definition) is 2. The molecule has 1 aromatic heterocycles. The van der Waals surface area contributed by atoms with Crippen molar-refractivity contribution in [3.05, 3.63) is 36.0 Å². The van der Waals surface area contributed by atoms with E-state index in [1.807, 2.05) is 18.2 Å². The summed E-state index contributed by atoms with van der Waals surface area (Å²) in [7, 11) is 0. The molecule has 0 aliphatic heterocycles. The van der Waals surface area contributed by atoms with E-state index in [9.17, 15) is 9.59 Å². The van der Waals surface area contributed by atoms with Gasteiger partial charge in [-0.15, -0.1) is 0 Å². The average Bonchev–Trinajstić information content (AvgIpc) is 2.35. The highest BCUT2D eigenvalue weighted by Gasteiger charge is 2.17. The zero-order chi connectivity index (χ0) is 14.7. The Morgan fingerprint density at radius 1 is 1.15 bits per heavy atom. The first-order valence-corrected chi connectivity index (χ1v) is 6.02. The van der Waals surface area contributed by atoms with Gasteiger partial charge in [0, 0.05) is 16.8 Å². The summed E-state index contributed by atoms with van der Waals surface area (Å²) in [6, 6.07) is 8.95. The smallest absolute Gasteiger partial charge is 0.323 e. The van der Waals surface area contributed by atoms with Gasteiger partial charge < -0.3 is 15.1 Å². The van der Waals surface area contributed by atoms with Gasteiger partial charge in [-0.2, -0.15) is 0 Å². The molecule has 6 heteroatoms. The first kappa shape index (κ1) is 13.8. The first-order chi connectivity index (χ1) is 9.47. The monoisotopic (exact) mass is 274 g/mol. The summed E-state index contributed by atoms with van der Waals surface area (Å²) in [6.45, 7) is 1.04. The molecule has 0 saturated carbocycles. The van der Waals surface area contributed by atoms with Crippen molar-refractivity contribution in [3.63, 3.8) is 0 Å². The van der Waals surface area contributed by atoms with Gasteiger partial charge in [0.2, 0.25) is 0 Å². The van der Waals surface area contributed by atoms with E-state index in [4.69, 9.17) is 10.2 Å². The second kappa shape index (κ2) is 5.56. The van der Waals surface area contributed by atoms with Crippen LogP contribution in [0.15, 0.2) is 30.3 Å². The Balaban J connectivity index is 2.56. The molecule has 0 atom stereocenters. The number of para-hydroxylation sites is 1. The molecule has 0 fully saturated rings. The Bertz CT molecular complexity index is 653. The van der Waals surface area contributed by atoms with Crippen LogP contribution in [0.3, 0.4) is 0 Å². The number of rotatable bonds is 5. The molecule has 0 bridgehead atoms. The Morgan fingerprint density at radius 2 is 1.75 bits per heavy atom. The normalized spacial score (nSPS) is 10.4. The molecule has 2 N–H and O–H groups in total. The number of pyridine rings is 1. The summed E-state index contributed by atoms with van der Waals surface area (Å²) in [6.07, 6.45) is 0. The lowest BCUT2D eigenvalue weighted by Crippen LogP contribution is -2.34. The molecule has 2 rings (SSSR count). The largest absolute Gasteiger partial charge is 0.480 e. The molecule has 0 unspecified atom stereocenters. The first-order valence-electron chi connectivity index (χ1n) is 6.02. The highest BCUT2D eigenvalue weighted by Crippen LogP contribution is 2.26. The number of anilines is 1. The van der Waals surface area contributed by atoms with Crippen LogP contribution >= 0.6 is 0 Å². The minimum Gasteiger partial charge on any atom is -0.480 e. The summed E-state index contributed by atoms with van der Waals surface area (Å²) in [5.41, 5.74) is 1.99. The molecule has 20 heavy (non-hydrogen) atoms. The quantitative estimate of drug-likeness (QED) is 0.859. The lowest BCUT2D eigenvalue weighted by atomic mass is 10.1. The number of aromatic nitrogens is 1. The minimum atomic E-state index is -1.08. The summed E-state index contributed by atoms with van der Waals surface area (Å²) < 4.78 is 0. The number of carbonyl (C=O) groups is 2. The zero-order valence-electron chi connectivity index (χ0n) is 10.9. The molecule has 0 radical (unpaired) electrons. The van der Waals surface area contributed by atoms with Gasteiger partial charge in [0.25, 0.3) is 0 Å². The van der Waals surface area contributed by atoms with Crippen molar-refractivity contribution in [2.45, 2.75) is 6.92 Å². The summed E-state index contributed by atoms with van der Waals surface area (Å²) >= 11 is 0. The van der Waals surface area contributed by atoms with Crippen LogP contribution in [0.2, 0.25) is 0 Å². The number of hydrogen-bond acceptors (Lipinski definition) is 4. The van der Waals surface area contributed by atoms with Crippen molar-refractivity contribution in [2.24, 2.45) is 0 Å². The van der Waals surface area contributed by atoms with Crippen LogP contribution in [-0.4, -0.2) is 40.2 Å². The molecule has 0 aliphatic carbocycles. The van der Waals surface area contributed by atoms with Crippen molar-refractivity contribution < 1.29 is 19.8 Å². The second-order valence-corrected chi connectivity index (χ2v) is 4.44. The molecule has 0 spiro atoms. The zero-order valence-corrected chi connectivity index (χ0v) is 10.9. The molecule has 1 aromatic carbocycles. The fourth-order valence-electron chi connectivity index (χ4n) is 2.10. The predicted octanol–water partition coefficient (Wildman–Crippen LogP) is 1.52. The SMILES string of the molecule is Cc1cc(N(CC(=O)O)CC(=O)O)c2ccccc2n1. The highest BCUT2D eigenvalue weighted by atomic mass is 16.4. The van der Waals surface area contributed by atoms with E-state index < -0.39 is 11.9 Å². The van der Waals surface area contributed by atoms with Gasteiger partial charge in [0.15, 0.2) is 0 Å². The van der Waals surface area contributed by atoms with Crippen LogP contribution in [-0.2, 0) is 9.59 Å². The number of nitrogens with zero attached hydrogens (tertiary/aromatic N) is 2. The fourth-order valence-corrected chi connectivity index (χ4v) is 2.10. The Hall–Kier alpha value is -2.63. The number of carboxylic acids is 2. The van der Waals surface area contributed by atoms with Gasteiger partial charge in [-0.3, -0.25) is 14.6 Å². The summed E-state index contributed by atoms with van der Waals surface area (Å²) in [4.78, 5) is 27.5. The van der Waals surface area contributed by atoms with Gasteiger partial charge in [-0.25, -0.2) is 0 Å². The number of benzene rings is 1. The van der Waals surface area contributed by atoms with Gasteiger partial charge in [-0.1, -0.05) is 18.2 Å². The summed E-state index contributed by atoms with van der Waals surface area (Å²) in [5, 5.41) is 18.6. The van der Waals surface area contributed by atoms with Gasteiger partial charge >= 0.3 is 11.9 Å². The van der Waals surface area contributed by atoms with Gasteiger partial charge in [0.1, 0.15) is 13.1 Å². The van der Waals surface area contributed by atoms with Crippen LogP contribution < -0.4 is 4.90 Å². The molecule has 104 valence electrons. The van der Waals surface area contributed by atoms with Crippen molar-refractivity contribution in [1.29, 1.82) is 0 Å². The molecule has 6 nitrogen and oxygen atoms in total. The highest BCUT2D eigenvalue weighted by molar-refractivity contribution is 5.94. The molecule has 0 aliphatic rings. The van der Waals surface area contributed by atoms with Crippen LogP contribution in [0, 0.1) is 6.92 Å². The van der Waals surface area contributed by atoms with E-state index in [0.717, 1.165) is 5.39 Å². The molecule has 0 amide bonds. The Kier molecular flexibility index (Phi) is 3.84. The number of carboxylic acid groups (broad SMARTS) is 2. The minimum absolute atomic E-state index is 0.375. The van der Waals surface area contributed by atoms with E-state index in [1.54, 1.807) is 19.1 Å². The van der Waals surface area contributed by atoms with Crippen molar-refractivity contribution in [2.75, 3.05) is 18.0 Å². The van der Waals surface area contributed by atoms with E-state index in [1.165, 1.54) is 4.90 Å². The third kappa shape index (κ3) is 3.03. The third-order valence-corrected chi connectivity index (χ3v) is 2.82. The molecule has 1 heterocycles. The van der Waals surface area contributed by atoms with E-state index in [2.05, 4.69) is 4.98 Å². The Morgan fingerprint density at radius 3 is 2.35 bits per heavy atom. The number of fused-ring (bicyclic) bond motifs is 1. The predicted molar refractivity (Wildman–Crippen MR) is 74.0 cm³/mol. The maximum absolute atomic E-state index is 10.9. The van der Waals surface area contributed by atoms with E-state index in [0.29, 0.717) is 16.9 Å². The third-order valence-electron chi connectivity index (χ3n) is 2.82.